The standard InChI is InChI=1S/C17H14F3NO3/c18-12-4-1-10(2-5-12)8-15(17(23)24)21-16(22)9-11-3-6-13(19)14(20)7-11/h1-7,15H,8-9H2,(H,21,22)(H,23,24)/t15-/m1/s1. The molecular formula is C17H14F3NO3. The Balaban J connectivity index is 2.01. The Hall–Kier alpha value is -2.83. The zero-order valence-corrected chi connectivity index (χ0v) is 12.4. The van der Waals surface area contributed by atoms with E-state index in [-0.39, 0.29) is 18.4 Å². The molecule has 0 radical (unpaired) electrons. The molecule has 0 aromatic heterocycles. The van der Waals surface area contributed by atoms with E-state index in [0.29, 0.717) is 5.56 Å². The summed E-state index contributed by atoms with van der Waals surface area (Å²) < 4.78 is 38.8. The van der Waals surface area contributed by atoms with Gasteiger partial charge in [0.25, 0.3) is 0 Å². The van der Waals surface area contributed by atoms with Crippen LogP contribution in [0, 0.1) is 17.5 Å². The average molecular weight is 337 g/mol. The molecule has 0 aliphatic rings. The van der Waals surface area contributed by atoms with Crippen LogP contribution >= 0.6 is 0 Å². The van der Waals surface area contributed by atoms with Gasteiger partial charge in [-0.1, -0.05) is 18.2 Å². The maximum atomic E-state index is 13.1. The summed E-state index contributed by atoms with van der Waals surface area (Å²) in [5.41, 5.74) is 0.759. The summed E-state index contributed by atoms with van der Waals surface area (Å²) in [4.78, 5) is 23.2. The number of hydrogen-bond acceptors (Lipinski definition) is 2. The Morgan fingerprint density at radius 3 is 2.17 bits per heavy atom. The Morgan fingerprint density at radius 1 is 0.958 bits per heavy atom. The molecule has 0 saturated carbocycles. The first-order chi connectivity index (χ1) is 11.3. The lowest BCUT2D eigenvalue weighted by molar-refractivity contribution is -0.141. The first-order valence-corrected chi connectivity index (χ1v) is 7.05. The van der Waals surface area contributed by atoms with Gasteiger partial charge in [0.05, 0.1) is 6.42 Å². The van der Waals surface area contributed by atoms with Gasteiger partial charge in [0.15, 0.2) is 11.6 Å². The van der Waals surface area contributed by atoms with E-state index in [9.17, 15) is 27.9 Å². The fraction of sp³-hybridized carbons (Fsp3) is 0.176. The van der Waals surface area contributed by atoms with Gasteiger partial charge in [-0.05, 0) is 35.4 Å². The Bertz CT molecular complexity index is 747. The first kappa shape index (κ1) is 17.5. The first-order valence-electron chi connectivity index (χ1n) is 7.05. The van der Waals surface area contributed by atoms with Crippen molar-refractivity contribution in [1.82, 2.24) is 5.32 Å². The maximum absolute atomic E-state index is 13.1. The van der Waals surface area contributed by atoms with Crippen LogP contribution in [0.5, 0.6) is 0 Å². The van der Waals surface area contributed by atoms with Crippen molar-refractivity contribution in [2.75, 3.05) is 0 Å². The van der Waals surface area contributed by atoms with E-state index in [4.69, 9.17) is 0 Å². The summed E-state index contributed by atoms with van der Waals surface area (Å²) in [6.45, 7) is 0. The molecule has 2 rings (SSSR count). The molecule has 2 aromatic carbocycles. The number of carboxylic acids is 1. The van der Waals surface area contributed by atoms with Crippen LogP contribution < -0.4 is 5.32 Å². The van der Waals surface area contributed by atoms with Gasteiger partial charge in [-0.15, -0.1) is 0 Å². The number of carboxylic acid groups (broad SMARTS) is 1. The van der Waals surface area contributed by atoms with Crippen LogP contribution in [0.4, 0.5) is 13.2 Å². The molecule has 0 spiro atoms. The highest BCUT2D eigenvalue weighted by Gasteiger charge is 2.20. The normalized spacial score (nSPS) is 11.8. The van der Waals surface area contributed by atoms with Crippen LogP contribution in [0.3, 0.4) is 0 Å². The van der Waals surface area contributed by atoms with Crippen molar-refractivity contribution in [1.29, 1.82) is 0 Å². The molecule has 0 bridgehead atoms. The van der Waals surface area contributed by atoms with E-state index in [0.717, 1.165) is 12.1 Å². The number of hydrogen-bond donors (Lipinski definition) is 2. The van der Waals surface area contributed by atoms with E-state index in [1.165, 1.54) is 30.3 Å². The van der Waals surface area contributed by atoms with Crippen molar-refractivity contribution in [3.05, 3.63) is 71.0 Å². The number of carbonyl (C=O) groups is 2. The molecule has 0 saturated heterocycles. The van der Waals surface area contributed by atoms with Crippen LogP contribution in [0.25, 0.3) is 0 Å². The highest BCUT2D eigenvalue weighted by atomic mass is 19.2. The number of nitrogens with one attached hydrogen (secondary N) is 1. The summed E-state index contributed by atoms with van der Waals surface area (Å²) in [6, 6.07) is 7.03. The van der Waals surface area contributed by atoms with Crippen molar-refractivity contribution in [3.63, 3.8) is 0 Å². The SMILES string of the molecule is O=C(Cc1ccc(F)c(F)c1)N[C@H](Cc1ccc(F)cc1)C(=O)O. The summed E-state index contributed by atoms with van der Waals surface area (Å²) in [5, 5.41) is 11.5. The minimum absolute atomic E-state index is 0.0286. The number of amides is 1. The minimum atomic E-state index is -1.25. The molecule has 24 heavy (non-hydrogen) atoms. The number of aliphatic carboxylic acids is 1. The Morgan fingerprint density at radius 2 is 1.58 bits per heavy atom. The van der Waals surface area contributed by atoms with Gasteiger partial charge >= 0.3 is 5.97 Å². The molecule has 0 fully saturated rings. The van der Waals surface area contributed by atoms with E-state index >= 15 is 0 Å². The largest absolute Gasteiger partial charge is 0.480 e. The highest BCUT2D eigenvalue weighted by Crippen LogP contribution is 2.10. The van der Waals surface area contributed by atoms with Crippen LogP contribution in [0.1, 0.15) is 11.1 Å². The quantitative estimate of drug-likeness (QED) is 0.851. The second kappa shape index (κ2) is 7.63. The molecule has 0 aliphatic heterocycles. The third-order valence-corrected chi connectivity index (χ3v) is 3.34. The number of halogens is 3. The molecular weight excluding hydrogens is 323 g/mol. The number of benzene rings is 2. The van der Waals surface area contributed by atoms with Crippen LogP contribution in [0.15, 0.2) is 42.5 Å². The maximum Gasteiger partial charge on any atom is 0.326 e. The second-order valence-corrected chi connectivity index (χ2v) is 5.21. The lowest BCUT2D eigenvalue weighted by Crippen LogP contribution is -2.43. The highest BCUT2D eigenvalue weighted by molar-refractivity contribution is 5.85. The molecule has 7 heteroatoms. The van der Waals surface area contributed by atoms with Gasteiger partial charge in [0.2, 0.25) is 5.91 Å². The molecule has 1 atom stereocenters. The summed E-state index contributed by atoms with van der Waals surface area (Å²) >= 11 is 0. The fourth-order valence-corrected chi connectivity index (χ4v) is 2.14. The van der Waals surface area contributed by atoms with Crippen molar-refractivity contribution >= 4 is 11.9 Å². The molecule has 2 N–H and O–H groups in total. The van der Waals surface area contributed by atoms with Gasteiger partial charge in [0.1, 0.15) is 11.9 Å². The Kier molecular flexibility index (Phi) is 5.57. The van der Waals surface area contributed by atoms with Crippen molar-refractivity contribution in [2.24, 2.45) is 0 Å². The fourth-order valence-electron chi connectivity index (χ4n) is 2.14. The monoisotopic (exact) mass is 337 g/mol. The van der Waals surface area contributed by atoms with Crippen molar-refractivity contribution in [3.8, 4) is 0 Å². The molecule has 126 valence electrons. The Labute approximate surface area is 135 Å². The lowest BCUT2D eigenvalue weighted by Gasteiger charge is -2.15. The smallest absolute Gasteiger partial charge is 0.326 e. The molecule has 0 heterocycles. The van der Waals surface area contributed by atoms with Crippen LogP contribution in [-0.4, -0.2) is 23.0 Å². The third kappa shape index (κ3) is 4.84. The van der Waals surface area contributed by atoms with Crippen LogP contribution in [-0.2, 0) is 22.4 Å². The predicted molar refractivity (Wildman–Crippen MR) is 79.7 cm³/mol. The molecule has 0 unspecified atom stereocenters. The summed E-state index contributed by atoms with van der Waals surface area (Å²) in [7, 11) is 0. The van der Waals surface area contributed by atoms with E-state index in [2.05, 4.69) is 5.32 Å². The summed E-state index contributed by atoms with van der Waals surface area (Å²) in [6.07, 6.45) is -0.316. The third-order valence-electron chi connectivity index (χ3n) is 3.34. The minimum Gasteiger partial charge on any atom is -0.480 e. The predicted octanol–water partition coefficient (Wildman–Crippen LogP) is 2.46. The van der Waals surface area contributed by atoms with E-state index < -0.39 is 35.4 Å². The van der Waals surface area contributed by atoms with Gasteiger partial charge < -0.3 is 10.4 Å². The number of carbonyl (C=O) groups excluding carboxylic acids is 1. The van der Waals surface area contributed by atoms with Crippen molar-refractivity contribution < 1.29 is 27.9 Å². The van der Waals surface area contributed by atoms with Gasteiger partial charge in [-0.25, -0.2) is 18.0 Å². The van der Waals surface area contributed by atoms with Gasteiger partial charge in [-0.2, -0.15) is 0 Å². The lowest BCUT2D eigenvalue weighted by atomic mass is 10.1. The van der Waals surface area contributed by atoms with E-state index in [1.54, 1.807) is 0 Å². The van der Waals surface area contributed by atoms with Gasteiger partial charge in [0, 0.05) is 6.42 Å². The molecule has 2 aromatic rings. The molecule has 0 aliphatic carbocycles. The average Bonchev–Trinajstić information content (AvgIpc) is 2.52. The summed E-state index contributed by atoms with van der Waals surface area (Å²) in [5.74, 6) is -4.46. The van der Waals surface area contributed by atoms with E-state index in [1.807, 2.05) is 0 Å². The van der Waals surface area contributed by atoms with Crippen LogP contribution in [0.2, 0.25) is 0 Å². The molecule has 1 amide bonds. The second-order valence-electron chi connectivity index (χ2n) is 5.21. The zero-order chi connectivity index (χ0) is 17.7. The van der Waals surface area contributed by atoms with Gasteiger partial charge in [-0.3, -0.25) is 4.79 Å². The number of rotatable bonds is 6. The molecule has 4 nitrogen and oxygen atoms in total. The zero-order valence-electron chi connectivity index (χ0n) is 12.4. The topological polar surface area (TPSA) is 66.4 Å². The van der Waals surface area contributed by atoms with Crippen molar-refractivity contribution in [2.45, 2.75) is 18.9 Å².